The van der Waals surface area contributed by atoms with E-state index in [1.54, 1.807) is 4.90 Å². The maximum absolute atomic E-state index is 13.5. The summed E-state index contributed by atoms with van der Waals surface area (Å²) in [5.41, 5.74) is 4.93. The molecule has 0 radical (unpaired) electrons. The largest absolute Gasteiger partial charge is 0.494 e. The highest BCUT2D eigenvalue weighted by molar-refractivity contribution is 8.19. The van der Waals surface area contributed by atoms with Crippen LogP contribution in [0.25, 0.3) is 6.08 Å². The lowest BCUT2D eigenvalue weighted by Gasteiger charge is -2.16. The molecule has 0 spiro atoms. The first-order chi connectivity index (χ1) is 18.0. The van der Waals surface area contributed by atoms with Gasteiger partial charge in [-0.2, -0.15) is 0 Å². The monoisotopic (exact) mass is 512 g/mol. The van der Waals surface area contributed by atoms with Gasteiger partial charge in [-0.1, -0.05) is 86.6 Å². The molecule has 0 atom stereocenters. The van der Waals surface area contributed by atoms with Gasteiger partial charge < -0.3 is 4.74 Å². The summed E-state index contributed by atoms with van der Waals surface area (Å²) in [4.78, 5) is 20.7. The number of ether oxygens (including phenoxy) is 1. The number of unbranched alkanes of at least 4 members (excludes halogenated alkanes) is 5. The summed E-state index contributed by atoms with van der Waals surface area (Å²) in [6.07, 6.45) is 9.42. The molecule has 1 saturated heterocycles. The van der Waals surface area contributed by atoms with Gasteiger partial charge in [0.1, 0.15) is 5.75 Å². The molecule has 1 fully saturated rings. The number of carbonyl (C=O) groups is 1. The van der Waals surface area contributed by atoms with Crippen LogP contribution in [-0.4, -0.2) is 17.7 Å². The fourth-order valence-electron chi connectivity index (χ4n) is 4.08. The molecule has 37 heavy (non-hydrogen) atoms. The Morgan fingerprint density at radius 2 is 1.43 bits per heavy atom. The molecule has 0 N–H and O–H groups in total. The Morgan fingerprint density at radius 3 is 2.11 bits per heavy atom. The fraction of sp³-hybridized carbons (Fsp3) is 0.312. The summed E-state index contributed by atoms with van der Waals surface area (Å²) in [7, 11) is 0. The lowest BCUT2D eigenvalue weighted by Crippen LogP contribution is -2.28. The molecule has 1 heterocycles. The molecule has 3 aromatic rings. The van der Waals surface area contributed by atoms with Crippen molar-refractivity contribution in [2.45, 2.75) is 59.3 Å². The second kappa shape index (κ2) is 13.3. The summed E-state index contributed by atoms with van der Waals surface area (Å²) in [5, 5.41) is 0.655. The van der Waals surface area contributed by atoms with Crippen LogP contribution in [0.15, 0.2) is 82.7 Å². The number of anilines is 1. The van der Waals surface area contributed by atoms with E-state index < -0.39 is 0 Å². The van der Waals surface area contributed by atoms with Gasteiger partial charge in [-0.3, -0.25) is 9.69 Å². The highest BCUT2D eigenvalue weighted by Gasteiger charge is 2.34. The van der Waals surface area contributed by atoms with E-state index in [1.165, 1.54) is 49.4 Å². The summed E-state index contributed by atoms with van der Waals surface area (Å²) < 4.78 is 5.91. The van der Waals surface area contributed by atoms with Crippen molar-refractivity contribution in [1.29, 1.82) is 0 Å². The van der Waals surface area contributed by atoms with Gasteiger partial charge in [0.15, 0.2) is 5.17 Å². The highest BCUT2D eigenvalue weighted by Crippen LogP contribution is 2.37. The fourth-order valence-corrected chi connectivity index (χ4v) is 5.09. The molecule has 0 saturated carbocycles. The molecule has 0 aromatic heterocycles. The Balaban J connectivity index is 1.47. The average molecular weight is 513 g/mol. The van der Waals surface area contributed by atoms with Crippen LogP contribution >= 0.6 is 11.8 Å². The molecule has 5 heteroatoms. The molecule has 0 unspecified atom stereocenters. The Kier molecular flexibility index (Phi) is 9.61. The van der Waals surface area contributed by atoms with Gasteiger partial charge in [-0.05, 0) is 80.1 Å². The minimum Gasteiger partial charge on any atom is -0.494 e. The van der Waals surface area contributed by atoms with Gasteiger partial charge in [0, 0.05) is 0 Å². The number of hydrogen-bond acceptors (Lipinski definition) is 4. The lowest BCUT2D eigenvalue weighted by molar-refractivity contribution is -0.113. The number of thioether (sulfide) groups is 1. The molecular weight excluding hydrogens is 476 g/mol. The number of benzene rings is 3. The molecule has 0 aliphatic carbocycles. The summed E-state index contributed by atoms with van der Waals surface area (Å²) in [5.74, 6) is 0.798. The van der Waals surface area contributed by atoms with Crippen molar-refractivity contribution in [3.8, 4) is 5.75 Å². The topological polar surface area (TPSA) is 41.9 Å². The number of amides is 1. The summed E-state index contributed by atoms with van der Waals surface area (Å²) >= 11 is 1.41. The van der Waals surface area contributed by atoms with Crippen LogP contribution in [0, 0.1) is 13.8 Å². The van der Waals surface area contributed by atoms with Crippen molar-refractivity contribution in [1.82, 2.24) is 0 Å². The van der Waals surface area contributed by atoms with Gasteiger partial charge >= 0.3 is 0 Å². The maximum Gasteiger partial charge on any atom is 0.271 e. The minimum atomic E-state index is -0.0666. The standard InChI is InChI=1S/C32H36N2O2S/c1-4-5-6-7-8-9-22-36-29-20-14-26(15-21-29)23-30-31(35)34(28-18-12-25(3)13-19-28)32(37-30)33-27-16-10-24(2)11-17-27/h10-21,23H,4-9,22H2,1-3H3/b30-23+,33-32?. The first-order valence-corrected chi connectivity index (χ1v) is 14.0. The third-order valence-electron chi connectivity index (χ3n) is 6.30. The van der Waals surface area contributed by atoms with Crippen molar-refractivity contribution in [2.75, 3.05) is 11.5 Å². The second-order valence-electron chi connectivity index (χ2n) is 9.50. The summed E-state index contributed by atoms with van der Waals surface area (Å²) in [6.45, 7) is 7.07. The van der Waals surface area contributed by atoms with Crippen LogP contribution in [0.1, 0.15) is 62.1 Å². The number of rotatable bonds is 11. The minimum absolute atomic E-state index is 0.0666. The zero-order valence-electron chi connectivity index (χ0n) is 22.1. The van der Waals surface area contributed by atoms with E-state index in [2.05, 4.69) is 13.8 Å². The maximum atomic E-state index is 13.5. The second-order valence-corrected chi connectivity index (χ2v) is 10.5. The number of hydrogen-bond donors (Lipinski definition) is 0. The SMILES string of the molecule is CCCCCCCCOc1ccc(/C=C2/SC(=Nc3ccc(C)cc3)N(c3ccc(C)cc3)C2=O)cc1. The molecule has 0 bridgehead atoms. The molecule has 4 rings (SSSR count). The third kappa shape index (κ3) is 7.59. The molecular formula is C32H36N2O2S. The van der Waals surface area contributed by atoms with Crippen LogP contribution in [-0.2, 0) is 4.79 Å². The van der Waals surface area contributed by atoms with Crippen molar-refractivity contribution in [3.05, 3.63) is 94.4 Å². The van der Waals surface area contributed by atoms with Gasteiger partial charge in [0.2, 0.25) is 0 Å². The number of carbonyl (C=O) groups excluding carboxylic acids is 1. The van der Waals surface area contributed by atoms with E-state index >= 15 is 0 Å². The Hall–Kier alpha value is -3.31. The number of amidine groups is 1. The molecule has 1 aliphatic heterocycles. The highest BCUT2D eigenvalue weighted by atomic mass is 32.2. The molecule has 1 aliphatic rings. The third-order valence-corrected chi connectivity index (χ3v) is 7.27. The van der Waals surface area contributed by atoms with Crippen LogP contribution in [0.4, 0.5) is 11.4 Å². The molecule has 1 amide bonds. The average Bonchev–Trinajstić information content (AvgIpc) is 3.20. The smallest absolute Gasteiger partial charge is 0.271 e. The normalized spacial score (nSPS) is 15.6. The number of aliphatic imine (C=N–C) groups is 1. The van der Waals surface area contributed by atoms with E-state index in [0.717, 1.165) is 41.3 Å². The first kappa shape index (κ1) is 26.7. The van der Waals surface area contributed by atoms with Crippen molar-refractivity contribution in [2.24, 2.45) is 4.99 Å². The quantitative estimate of drug-likeness (QED) is 0.190. The van der Waals surface area contributed by atoms with Crippen LogP contribution < -0.4 is 9.64 Å². The van der Waals surface area contributed by atoms with Crippen molar-refractivity contribution >= 4 is 40.3 Å². The predicted molar refractivity (Wildman–Crippen MR) is 158 cm³/mol. The van der Waals surface area contributed by atoms with E-state index in [9.17, 15) is 4.79 Å². The van der Waals surface area contributed by atoms with Crippen LogP contribution in [0.3, 0.4) is 0 Å². The van der Waals surface area contributed by atoms with Crippen molar-refractivity contribution in [3.63, 3.8) is 0 Å². The van der Waals surface area contributed by atoms with Crippen molar-refractivity contribution < 1.29 is 9.53 Å². The van der Waals surface area contributed by atoms with Gasteiger partial charge in [0.05, 0.1) is 22.9 Å². The first-order valence-electron chi connectivity index (χ1n) is 13.2. The van der Waals surface area contributed by atoms with E-state index in [0.29, 0.717) is 10.1 Å². The Morgan fingerprint density at radius 1 is 0.811 bits per heavy atom. The van der Waals surface area contributed by atoms with Crippen LogP contribution in [0.2, 0.25) is 0 Å². The Bertz CT molecular complexity index is 1230. The lowest BCUT2D eigenvalue weighted by atomic mass is 10.1. The molecule has 4 nitrogen and oxygen atoms in total. The van der Waals surface area contributed by atoms with Gasteiger partial charge in [0.25, 0.3) is 5.91 Å². The van der Waals surface area contributed by atoms with E-state index in [-0.39, 0.29) is 5.91 Å². The molecule has 192 valence electrons. The van der Waals surface area contributed by atoms with Gasteiger partial charge in [-0.15, -0.1) is 0 Å². The zero-order chi connectivity index (χ0) is 26.0. The summed E-state index contributed by atoms with van der Waals surface area (Å²) in [6, 6.07) is 24.0. The number of aryl methyl sites for hydroxylation is 2. The van der Waals surface area contributed by atoms with Crippen LogP contribution in [0.5, 0.6) is 5.75 Å². The van der Waals surface area contributed by atoms with E-state index in [4.69, 9.17) is 9.73 Å². The molecule has 3 aromatic carbocycles. The van der Waals surface area contributed by atoms with E-state index in [1.807, 2.05) is 85.8 Å². The van der Waals surface area contributed by atoms with Gasteiger partial charge in [-0.25, -0.2) is 4.99 Å². The Labute approximate surface area is 225 Å². The predicted octanol–water partition coefficient (Wildman–Crippen LogP) is 8.85. The zero-order valence-corrected chi connectivity index (χ0v) is 22.9. The number of nitrogens with zero attached hydrogens (tertiary/aromatic N) is 2.